The largest absolute Gasteiger partial charge is 0.469 e. The van der Waals surface area contributed by atoms with Gasteiger partial charge in [-0.25, -0.2) is 4.57 Å². The minimum atomic E-state index is -4.33. The summed E-state index contributed by atoms with van der Waals surface area (Å²) in [5.74, 6) is -0.0300. The van der Waals surface area contributed by atoms with Crippen LogP contribution in [0.1, 0.15) is 0 Å². The lowest BCUT2D eigenvalue weighted by Crippen LogP contribution is -2.16. The molecule has 0 amide bonds. The van der Waals surface area contributed by atoms with Gasteiger partial charge in [-0.2, -0.15) is 0 Å². The predicted molar refractivity (Wildman–Crippen MR) is 56.9 cm³/mol. The molecule has 4 nitrogen and oxygen atoms in total. The monoisotopic (exact) mass is 388 g/mol. The van der Waals surface area contributed by atoms with Crippen molar-refractivity contribution in [1.82, 2.24) is 0 Å². The Morgan fingerprint density at radius 3 is 2.17 bits per heavy atom. The van der Waals surface area contributed by atoms with E-state index in [1.54, 1.807) is 0 Å². The molecule has 0 aliphatic rings. The molecule has 0 saturated carbocycles. The normalized spacial score (nSPS) is 15.2. The maximum absolute atomic E-state index is 10.3. The summed E-state index contributed by atoms with van der Waals surface area (Å²) in [6, 6.07) is 0. The zero-order valence-electron chi connectivity index (χ0n) is 5.86. The molecule has 0 radical (unpaired) electrons. The third-order valence-electron chi connectivity index (χ3n) is 1.01. The Morgan fingerprint density at radius 2 is 1.92 bits per heavy atom. The van der Waals surface area contributed by atoms with Crippen LogP contribution in [-0.2, 0) is 9.09 Å². The summed E-state index contributed by atoms with van der Waals surface area (Å²) >= 11 is 9.64. The Hall–Kier alpha value is 1.55. The number of phosphoric ester groups is 1. The van der Waals surface area contributed by atoms with Gasteiger partial charge in [-0.05, 0) is 0 Å². The van der Waals surface area contributed by atoms with Gasteiger partial charge in [-0.1, -0.05) is 47.8 Å². The second-order valence-electron chi connectivity index (χ2n) is 2.04. The number of hydrogen-bond acceptors (Lipinski definition) is 2. The minimum Gasteiger partial charge on any atom is -0.303 e. The molecule has 0 rings (SSSR count). The first-order valence-corrected chi connectivity index (χ1v) is 7.39. The maximum Gasteiger partial charge on any atom is 0.469 e. The first-order valence-electron chi connectivity index (χ1n) is 2.91. The van der Waals surface area contributed by atoms with E-state index < -0.39 is 7.82 Å². The van der Waals surface area contributed by atoms with Crippen molar-refractivity contribution in [2.75, 3.05) is 11.9 Å². The van der Waals surface area contributed by atoms with E-state index >= 15 is 0 Å². The van der Waals surface area contributed by atoms with Crippen molar-refractivity contribution in [1.29, 1.82) is 0 Å². The Balaban J connectivity index is 3.81. The van der Waals surface area contributed by atoms with E-state index in [1.807, 2.05) is 0 Å². The lowest BCUT2D eigenvalue weighted by molar-refractivity contribution is 0.178. The van der Waals surface area contributed by atoms with Crippen molar-refractivity contribution >= 4 is 55.6 Å². The van der Waals surface area contributed by atoms with Crippen molar-refractivity contribution in [3.8, 4) is 0 Å². The number of alkyl halides is 3. The molecule has 0 saturated heterocycles. The van der Waals surface area contributed by atoms with Gasteiger partial charge < -0.3 is 9.79 Å². The molecule has 74 valence electrons. The van der Waals surface area contributed by atoms with Crippen LogP contribution in [0, 0.1) is 5.92 Å². The topological polar surface area (TPSA) is 66.8 Å². The highest BCUT2D eigenvalue weighted by molar-refractivity contribution is 9.24. The molecule has 2 N–H and O–H groups in total. The summed E-state index contributed by atoms with van der Waals surface area (Å²) in [5.41, 5.74) is 0. The average Bonchev–Trinajstić information content (AvgIpc) is 1.85. The van der Waals surface area contributed by atoms with E-state index in [9.17, 15) is 4.57 Å². The van der Waals surface area contributed by atoms with Gasteiger partial charge >= 0.3 is 7.82 Å². The predicted octanol–water partition coefficient (Wildman–Crippen LogP) is 2.22. The molecule has 1 atom stereocenters. The molecule has 0 aliphatic heterocycles. The van der Waals surface area contributed by atoms with E-state index in [2.05, 4.69) is 52.3 Å². The number of phosphoric acid groups is 1. The Bertz CT molecular complexity index is 170. The Labute approximate surface area is 95.7 Å². The third-order valence-corrected chi connectivity index (χ3v) is 3.82. The van der Waals surface area contributed by atoms with Crippen LogP contribution in [0.2, 0.25) is 0 Å². The van der Waals surface area contributed by atoms with Crippen molar-refractivity contribution in [3.05, 3.63) is 0 Å². The smallest absolute Gasteiger partial charge is 0.303 e. The van der Waals surface area contributed by atoms with Crippen molar-refractivity contribution < 1.29 is 18.9 Å². The highest BCUT2D eigenvalue weighted by Crippen LogP contribution is 2.37. The number of rotatable bonds is 5. The molecule has 0 bridgehead atoms. The second-order valence-corrected chi connectivity index (χ2v) is 7.12. The molecule has 0 aromatic heterocycles. The van der Waals surface area contributed by atoms with Crippen LogP contribution < -0.4 is 0 Å². The van der Waals surface area contributed by atoms with E-state index in [4.69, 9.17) is 9.79 Å². The molecular formula is C4H8Br3O4P. The van der Waals surface area contributed by atoms with Gasteiger partial charge in [0.2, 0.25) is 0 Å². The number of halogens is 3. The molecule has 12 heavy (non-hydrogen) atoms. The lowest BCUT2D eigenvalue weighted by Gasteiger charge is -2.15. The Kier molecular flexibility index (Phi) is 6.90. The fourth-order valence-corrected chi connectivity index (χ4v) is 3.01. The molecule has 0 spiro atoms. The fourth-order valence-electron chi connectivity index (χ4n) is 0.377. The second kappa shape index (κ2) is 6.11. The molecule has 1 unspecified atom stereocenters. The molecule has 8 heteroatoms. The fraction of sp³-hybridized carbons (Fsp3) is 1.00. The third kappa shape index (κ3) is 7.00. The van der Waals surface area contributed by atoms with Gasteiger partial charge in [0.15, 0.2) is 0 Å². The maximum atomic E-state index is 10.3. The molecule has 0 aromatic rings. The quantitative estimate of drug-likeness (QED) is 0.558. The summed E-state index contributed by atoms with van der Waals surface area (Å²) in [5, 5.41) is 0.591. The molecule has 0 aromatic carbocycles. The van der Waals surface area contributed by atoms with Crippen LogP contribution in [0.4, 0.5) is 0 Å². The van der Waals surface area contributed by atoms with E-state index in [1.165, 1.54) is 0 Å². The molecule has 0 aliphatic carbocycles. The van der Waals surface area contributed by atoms with E-state index in [-0.39, 0.29) is 16.3 Å². The molecular weight excluding hydrogens is 383 g/mol. The van der Waals surface area contributed by atoms with Gasteiger partial charge in [0.1, 0.15) is 0 Å². The number of hydrogen-bond donors (Lipinski definition) is 2. The van der Waals surface area contributed by atoms with Crippen molar-refractivity contribution in [2.45, 2.75) is 3.74 Å². The Morgan fingerprint density at radius 1 is 1.42 bits per heavy atom. The average molecular weight is 391 g/mol. The van der Waals surface area contributed by atoms with Crippen LogP contribution >= 0.6 is 55.6 Å². The van der Waals surface area contributed by atoms with E-state index in [0.717, 1.165) is 0 Å². The minimum absolute atomic E-state index is 0.00328. The van der Waals surface area contributed by atoms with Crippen LogP contribution in [0.3, 0.4) is 0 Å². The van der Waals surface area contributed by atoms with E-state index in [0.29, 0.717) is 5.33 Å². The molecule has 0 fully saturated rings. The van der Waals surface area contributed by atoms with Gasteiger partial charge in [-0.15, -0.1) is 0 Å². The first-order chi connectivity index (χ1) is 5.37. The zero-order valence-corrected chi connectivity index (χ0v) is 11.5. The molecule has 0 heterocycles. The SMILES string of the molecule is O=P(O)(O)OCC(CBr)C(Br)Br. The van der Waals surface area contributed by atoms with Crippen molar-refractivity contribution in [3.63, 3.8) is 0 Å². The van der Waals surface area contributed by atoms with Gasteiger partial charge in [0.05, 0.1) is 10.3 Å². The standard InChI is InChI=1S/C4H8Br3O4P/c5-1-3(4(6)7)2-11-12(8,9)10/h3-4H,1-2H2,(H2,8,9,10). The highest BCUT2D eigenvalue weighted by Gasteiger charge is 2.21. The van der Waals surface area contributed by atoms with Gasteiger partial charge in [-0.3, -0.25) is 4.52 Å². The highest BCUT2D eigenvalue weighted by atomic mass is 79.9. The summed E-state index contributed by atoms with van der Waals surface area (Å²) in [7, 11) is -4.33. The summed E-state index contributed by atoms with van der Waals surface area (Å²) < 4.78 is 14.6. The summed E-state index contributed by atoms with van der Waals surface area (Å²) in [6.45, 7) is -0.00328. The first kappa shape index (κ1) is 13.5. The van der Waals surface area contributed by atoms with Gasteiger partial charge in [0.25, 0.3) is 0 Å². The van der Waals surface area contributed by atoms with Crippen LogP contribution in [0.15, 0.2) is 0 Å². The zero-order chi connectivity index (χ0) is 9.78. The van der Waals surface area contributed by atoms with Crippen LogP contribution in [-0.4, -0.2) is 25.5 Å². The van der Waals surface area contributed by atoms with Crippen LogP contribution in [0.25, 0.3) is 0 Å². The summed E-state index contributed by atoms with van der Waals surface area (Å²) in [4.78, 5) is 16.8. The van der Waals surface area contributed by atoms with Crippen LogP contribution in [0.5, 0.6) is 0 Å². The van der Waals surface area contributed by atoms with Crippen molar-refractivity contribution in [2.24, 2.45) is 5.92 Å². The lowest BCUT2D eigenvalue weighted by atomic mass is 10.2. The summed E-state index contributed by atoms with van der Waals surface area (Å²) in [6.07, 6.45) is 0. The van der Waals surface area contributed by atoms with Gasteiger partial charge in [0, 0.05) is 11.2 Å².